The van der Waals surface area contributed by atoms with E-state index in [0.717, 1.165) is 0 Å². The van der Waals surface area contributed by atoms with E-state index in [1.807, 2.05) is 0 Å². The first-order valence-electron chi connectivity index (χ1n) is 3.62. The number of rotatable bonds is 2. The first-order valence-corrected chi connectivity index (χ1v) is 3.62. The van der Waals surface area contributed by atoms with Gasteiger partial charge in [-0.2, -0.15) is 0 Å². The third-order valence-electron chi connectivity index (χ3n) is 1.63. The van der Waals surface area contributed by atoms with Gasteiger partial charge in [0.2, 0.25) is 0 Å². The van der Waals surface area contributed by atoms with Crippen molar-refractivity contribution in [2.24, 2.45) is 17.2 Å². The van der Waals surface area contributed by atoms with E-state index in [1.165, 1.54) is 24.3 Å². The fraction of sp³-hybridized carbons (Fsp3) is 0.125. The molecule has 5 nitrogen and oxygen atoms in total. The van der Waals surface area contributed by atoms with Gasteiger partial charge >= 0.3 is 5.97 Å². The Kier molecular flexibility index (Phi) is 2.33. The van der Waals surface area contributed by atoms with Gasteiger partial charge in [-0.25, -0.2) is 4.79 Å². The quantitative estimate of drug-likeness (QED) is 0.453. The molecule has 5 heteroatoms. The van der Waals surface area contributed by atoms with Crippen molar-refractivity contribution in [2.75, 3.05) is 0 Å². The summed E-state index contributed by atoms with van der Waals surface area (Å²) in [6.07, 6.45) is 0. The molecule has 0 saturated heterocycles. The zero-order valence-electron chi connectivity index (χ0n) is 6.90. The highest BCUT2D eigenvalue weighted by atomic mass is 16.4. The summed E-state index contributed by atoms with van der Waals surface area (Å²) < 4.78 is 0. The molecule has 0 amide bonds. The lowest BCUT2D eigenvalue weighted by Gasteiger charge is -2.18. The average Bonchev–Trinajstić information content (AvgIpc) is 2.03. The van der Waals surface area contributed by atoms with Crippen molar-refractivity contribution < 1.29 is 9.90 Å². The minimum Gasteiger partial charge on any atom is -0.478 e. The number of carbonyl (C=O) groups is 1. The summed E-state index contributed by atoms with van der Waals surface area (Å²) in [6, 6.07) is 5.78. The topological polar surface area (TPSA) is 115 Å². The lowest BCUT2D eigenvalue weighted by atomic mass is 10.1. The van der Waals surface area contributed by atoms with Gasteiger partial charge in [0.15, 0.2) is 0 Å². The van der Waals surface area contributed by atoms with Crippen molar-refractivity contribution in [3.05, 3.63) is 35.4 Å². The van der Waals surface area contributed by atoms with Crippen LogP contribution >= 0.6 is 0 Å². The Morgan fingerprint density at radius 1 is 1.15 bits per heavy atom. The smallest absolute Gasteiger partial charge is 0.335 e. The number of benzene rings is 1. The summed E-state index contributed by atoms with van der Waals surface area (Å²) >= 11 is 0. The van der Waals surface area contributed by atoms with Crippen LogP contribution in [0.2, 0.25) is 0 Å². The maximum Gasteiger partial charge on any atom is 0.335 e. The summed E-state index contributed by atoms with van der Waals surface area (Å²) in [5.41, 5.74) is 16.8. The van der Waals surface area contributed by atoms with Crippen LogP contribution in [-0.2, 0) is 5.79 Å². The first kappa shape index (κ1) is 9.66. The highest BCUT2D eigenvalue weighted by Gasteiger charge is 2.15. The maximum atomic E-state index is 10.5. The van der Waals surface area contributed by atoms with E-state index in [4.69, 9.17) is 22.3 Å². The second kappa shape index (κ2) is 3.14. The fourth-order valence-electron chi connectivity index (χ4n) is 0.901. The molecule has 1 rings (SSSR count). The Bertz CT molecular complexity index is 313. The molecule has 0 atom stereocenters. The highest BCUT2D eigenvalue weighted by Crippen LogP contribution is 2.08. The van der Waals surface area contributed by atoms with Crippen LogP contribution in [0.1, 0.15) is 15.9 Å². The van der Waals surface area contributed by atoms with E-state index in [-0.39, 0.29) is 5.56 Å². The first-order chi connectivity index (χ1) is 5.91. The molecule has 70 valence electrons. The largest absolute Gasteiger partial charge is 0.478 e. The van der Waals surface area contributed by atoms with E-state index in [1.54, 1.807) is 0 Å². The van der Waals surface area contributed by atoms with Crippen molar-refractivity contribution in [3.63, 3.8) is 0 Å². The number of hydrogen-bond acceptors (Lipinski definition) is 4. The van der Waals surface area contributed by atoms with E-state index >= 15 is 0 Å². The minimum atomic E-state index is -1.42. The van der Waals surface area contributed by atoms with E-state index in [0.29, 0.717) is 5.56 Å². The molecule has 1 aromatic carbocycles. The van der Waals surface area contributed by atoms with Crippen LogP contribution < -0.4 is 17.2 Å². The fourth-order valence-corrected chi connectivity index (χ4v) is 0.901. The summed E-state index contributed by atoms with van der Waals surface area (Å²) in [6.45, 7) is 0. The molecular weight excluding hydrogens is 170 g/mol. The van der Waals surface area contributed by atoms with E-state index in [9.17, 15) is 4.79 Å². The Labute approximate surface area is 75.1 Å². The van der Waals surface area contributed by atoms with Crippen molar-refractivity contribution in [1.82, 2.24) is 0 Å². The number of carboxylic acid groups (broad SMARTS) is 1. The lowest BCUT2D eigenvalue weighted by molar-refractivity contribution is 0.0697. The van der Waals surface area contributed by atoms with Gasteiger partial charge in [-0.3, -0.25) is 17.2 Å². The molecule has 0 radical (unpaired) electrons. The zero-order chi connectivity index (χ0) is 10.1. The summed E-state index contributed by atoms with van der Waals surface area (Å²) in [5.74, 6) is -2.42. The van der Waals surface area contributed by atoms with Crippen molar-refractivity contribution in [3.8, 4) is 0 Å². The molecule has 1 aromatic rings. The third kappa shape index (κ3) is 2.25. The Morgan fingerprint density at radius 2 is 1.62 bits per heavy atom. The molecular formula is C8H11N3O2. The molecule has 0 spiro atoms. The molecule has 0 aromatic heterocycles. The highest BCUT2D eigenvalue weighted by molar-refractivity contribution is 5.87. The standard InChI is InChI=1S/C8H11N3O2/c9-8(10,11)6-3-1-5(2-4-6)7(12)13/h1-4H,9-11H2,(H,12,13). The van der Waals surface area contributed by atoms with Gasteiger partial charge in [0.25, 0.3) is 0 Å². The summed E-state index contributed by atoms with van der Waals surface area (Å²) in [5, 5.41) is 8.58. The van der Waals surface area contributed by atoms with Gasteiger partial charge < -0.3 is 5.11 Å². The van der Waals surface area contributed by atoms with Gasteiger partial charge in [0.05, 0.1) is 5.56 Å². The van der Waals surface area contributed by atoms with Crippen molar-refractivity contribution in [1.29, 1.82) is 0 Å². The van der Waals surface area contributed by atoms with Crippen molar-refractivity contribution in [2.45, 2.75) is 5.79 Å². The third-order valence-corrected chi connectivity index (χ3v) is 1.63. The Hall–Kier alpha value is -1.43. The van der Waals surface area contributed by atoms with Crippen LogP contribution in [0.15, 0.2) is 24.3 Å². The molecule has 0 fully saturated rings. The predicted molar refractivity (Wildman–Crippen MR) is 47.6 cm³/mol. The van der Waals surface area contributed by atoms with Crippen LogP contribution in [0.4, 0.5) is 0 Å². The van der Waals surface area contributed by atoms with Gasteiger partial charge in [-0.05, 0) is 12.1 Å². The molecule has 0 bridgehead atoms. The molecule has 0 aliphatic rings. The van der Waals surface area contributed by atoms with Gasteiger partial charge in [0, 0.05) is 5.56 Å². The Balaban J connectivity index is 3.01. The maximum absolute atomic E-state index is 10.5. The van der Waals surface area contributed by atoms with Crippen LogP contribution in [0.5, 0.6) is 0 Å². The van der Waals surface area contributed by atoms with Gasteiger partial charge in [-0.15, -0.1) is 0 Å². The number of nitrogens with two attached hydrogens (primary N) is 3. The van der Waals surface area contributed by atoms with Gasteiger partial charge in [0.1, 0.15) is 5.79 Å². The summed E-state index contributed by atoms with van der Waals surface area (Å²) in [7, 11) is 0. The molecule has 13 heavy (non-hydrogen) atoms. The molecule has 0 unspecified atom stereocenters. The normalized spacial score (nSPS) is 11.3. The second-order valence-corrected chi connectivity index (χ2v) is 2.82. The van der Waals surface area contributed by atoms with Crippen LogP contribution in [-0.4, -0.2) is 11.1 Å². The van der Waals surface area contributed by atoms with Gasteiger partial charge in [-0.1, -0.05) is 12.1 Å². The average molecular weight is 181 g/mol. The van der Waals surface area contributed by atoms with E-state index in [2.05, 4.69) is 0 Å². The molecule has 0 aliphatic carbocycles. The van der Waals surface area contributed by atoms with Crippen LogP contribution in [0, 0.1) is 0 Å². The molecule has 0 saturated carbocycles. The zero-order valence-corrected chi connectivity index (χ0v) is 6.90. The van der Waals surface area contributed by atoms with Crippen molar-refractivity contribution >= 4 is 5.97 Å². The minimum absolute atomic E-state index is 0.174. The number of hydrogen-bond donors (Lipinski definition) is 4. The van der Waals surface area contributed by atoms with E-state index < -0.39 is 11.8 Å². The SMILES string of the molecule is NC(N)(N)c1ccc(C(=O)O)cc1. The number of aromatic carboxylic acids is 1. The number of carboxylic acids is 1. The molecule has 0 heterocycles. The van der Waals surface area contributed by atoms with Crippen LogP contribution in [0.3, 0.4) is 0 Å². The second-order valence-electron chi connectivity index (χ2n) is 2.82. The lowest BCUT2D eigenvalue weighted by Crippen LogP contribution is -2.54. The molecule has 7 N–H and O–H groups in total. The summed E-state index contributed by atoms with van der Waals surface area (Å²) in [4.78, 5) is 10.5. The predicted octanol–water partition coefficient (Wildman–Crippen LogP) is -0.629. The Morgan fingerprint density at radius 3 is 1.92 bits per heavy atom. The van der Waals surface area contributed by atoms with Crippen LogP contribution in [0.25, 0.3) is 0 Å². The molecule has 0 aliphatic heterocycles. The monoisotopic (exact) mass is 181 g/mol.